The number of hydrogen-bond acceptors (Lipinski definition) is 2. The number of hydrogen-bond donors (Lipinski definition) is 1. The second-order valence-corrected chi connectivity index (χ2v) is 6.23. The average molecular weight is 258 g/mol. The summed E-state index contributed by atoms with van der Waals surface area (Å²) in [4.78, 5) is 2.60. The Kier molecular flexibility index (Phi) is 4.19. The molecule has 0 spiro atoms. The molecule has 1 aromatic carbocycles. The van der Waals surface area contributed by atoms with Crippen LogP contribution in [0, 0.1) is 0 Å². The van der Waals surface area contributed by atoms with E-state index in [2.05, 4.69) is 40.5 Å². The van der Waals surface area contributed by atoms with Gasteiger partial charge in [-0.1, -0.05) is 30.3 Å². The SMILES string of the molecule is c1ccc(C2(CNCCCN3CCCC3)CC2)cc1. The summed E-state index contributed by atoms with van der Waals surface area (Å²) < 4.78 is 0. The van der Waals surface area contributed by atoms with Crippen molar-refractivity contribution < 1.29 is 0 Å². The third kappa shape index (κ3) is 3.37. The summed E-state index contributed by atoms with van der Waals surface area (Å²) in [6, 6.07) is 11.0. The first-order valence-electron chi connectivity index (χ1n) is 7.88. The molecule has 0 unspecified atom stereocenters. The zero-order chi connectivity index (χ0) is 13.0. The van der Waals surface area contributed by atoms with Crippen molar-refractivity contribution in [3.05, 3.63) is 35.9 Å². The van der Waals surface area contributed by atoms with Gasteiger partial charge in [0.05, 0.1) is 0 Å². The van der Waals surface area contributed by atoms with Crippen LogP contribution >= 0.6 is 0 Å². The first-order valence-corrected chi connectivity index (χ1v) is 7.88. The van der Waals surface area contributed by atoms with E-state index in [1.807, 2.05) is 0 Å². The predicted molar refractivity (Wildman–Crippen MR) is 80.5 cm³/mol. The van der Waals surface area contributed by atoms with Crippen molar-refractivity contribution in [3.63, 3.8) is 0 Å². The van der Waals surface area contributed by atoms with Crippen LogP contribution in [0.25, 0.3) is 0 Å². The Morgan fingerprint density at radius 2 is 1.79 bits per heavy atom. The molecule has 3 rings (SSSR count). The lowest BCUT2D eigenvalue weighted by Crippen LogP contribution is -2.30. The molecular weight excluding hydrogens is 232 g/mol. The molecule has 0 amide bonds. The smallest absolute Gasteiger partial charge is 0.00784 e. The maximum absolute atomic E-state index is 3.68. The van der Waals surface area contributed by atoms with Crippen LogP contribution in [0.5, 0.6) is 0 Å². The zero-order valence-corrected chi connectivity index (χ0v) is 11.9. The Labute approximate surface area is 117 Å². The van der Waals surface area contributed by atoms with Crippen molar-refractivity contribution >= 4 is 0 Å². The first-order chi connectivity index (χ1) is 9.39. The highest BCUT2D eigenvalue weighted by atomic mass is 15.1. The van der Waals surface area contributed by atoms with Crippen LogP contribution in [0.2, 0.25) is 0 Å². The largest absolute Gasteiger partial charge is 0.316 e. The van der Waals surface area contributed by atoms with E-state index >= 15 is 0 Å². The molecule has 0 bridgehead atoms. The number of rotatable bonds is 7. The lowest BCUT2D eigenvalue weighted by molar-refractivity contribution is 0.330. The van der Waals surface area contributed by atoms with Crippen LogP contribution in [-0.2, 0) is 5.41 Å². The Hall–Kier alpha value is -0.860. The van der Waals surface area contributed by atoms with Crippen molar-refractivity contribution in [2.24, 2.45) is 0 Å². The molecule has 0 atom stereocenters. The molecule has 1 N–H and O–H groups in total. The van der Waals surface area contributed by atoms with Gasteiger partial charge < -0.3 is 10.2 Å². The maximum Gasteiger partial charge on any atom is 0.00784 e. The third-order valence-corrected chi connectivity index (χ3v) is 4.73. The van der Waals surface area contributed by atoms with Gasteiger partial charge in [0.15, 0.2) is 0 Å². The van der Waals surface area contributed by atoms with Crippen molar-refractivity contribution in [2.75, 3.05) is 32.7 Å². The highest BCUT2D eigenvalue weighted by Gasteiger charge is 2.43. The van der Waals surface area contributed by atoms with E-state index in [9.17, 15) is 0 Å². The van der Waals surface area contributed by atoms with Gasteiger partial charge in [0.2, 0.25) is 0 Å². The van der Waals surface area contributed by atoms with Crippen LogP contribution in [0.4, 0.5) is 0 Å². The Bertz CT molecular complexity index is 378. The fraction of sp³-hybridized carbons (Fsp3) is 0.647. The van der Waals surface area contributed by atoms with Crippen LogP contribution < -0.4 is 5.32 Å². The Morgan fingerprint density at radius 3 is 2.47 bits per heavy atom. The van der Waals surface area contributed by atoms with E-state index in [1.54, 1.807) is 0 Å². The minimum atomic E-state index is 0.467. The second-order valence-electron chi connectivity index (χ2n) is 6.23. The van der Waals surface area contributed by atoms with Crippen molar-refractivity contribution in [2.45, 2.75) is 37.5 Å². The summed E-state index contributed by atoms with van der Waals surface area (Å²) >= 11 is 0. The number of likely N-dealkylation sites (tertiary alicyclic amines) is 1. The Morgan fingerprint density at radius 1 is 1.05 bits per heavy atom. The van der Waals surface area contributed by atoms with Crippen LogP contribution in [-0.4, -0.2) is 37.6 Å². The number of nitrogens with one attached hydrogen (secondary N) is 1. The molecule has 1 aliphatic carbocycles. The molecule has 1 aliphatic heterocycles. The minimum absolute atomic E-state index is 0.467. The predicted octanol–water partition coefficient (Wildman–Crippen LogP) is 2.79. The second kappa shape index (κ2) is 6.06. The van der Waals surface area contributed by atoms with E-state index in [1.165, 1.54) is 63.8 Å². The molecule has 2 aliphatic rings. The van der Waals surface area contributed by atoms with E-state index in [0.29, 0.717) is 5.41 Å². The monoisotopic (exact) mass is 258 g/mol. The van der Waals surface area contributed by atoms with Gasteiger partial charge in [0, 0.05) is 12.0 Å². The summed E-state index contributed by atoms with van der Waals surface area (Å²) in [5.74, 6) is 0. The molecule has 1 aromatic rings. The maximum atomic E-state index is 3.68. The zero-order valence-electron chi connectivity index (χ0n) is 11.9. The first kappa shape index (κ1) is 13.1. The third-order valence-electron chi connectivity index (χ3n) is 4.73. The number of nitrogens with zero attached hydrogens (tertiary/aromatic N) is 1. The quantitative estimate of drug-likeness (QED) is 0.757. The van der Waals surface area contributed by atoms with Crippen LogP contribution in [0.3, 0.4) is 0 Å². The molecule has 1 saturated heterocycles. The van der Waals surface area contributed by atoms with Gasteiger partial charge in [-0.25, -0.2) is 0 Å². The van der Waals surface area contributed by atoms with E-state index in [-0.39, 0.29) is 0 Å². The van der Waals surface area contributed by atoms with Gasteiger partial charge in [-0.3, -0.25) is 0 Å². The highest BCUT2D eigenvalue weighted by Crippen LogP contribution is 2.47. The van der Waals surface area contributed by atoms with Gasteiger partial charge in [0.1, 0.15) is 0 Å². The van der Waals surface area contributed by atoms with Crippen molar-refractivity contribution in [3.8, 4) is 0 Å². The van der Waals surface area contributed by atoms with E-state index < -0.39 is 0 Å². The summed E-state index contributed by atoms with van der Waals surface area (Å²) in [5, 5.41) is 3.68. The highest BCUT2D eigenvalue weighted by molar-refractivity contribution is 5.31. The standard InChI is InChI=1S/C17H26N2/c1-2-7-16(8-3-1)17(9-10-17)15-18-11-6-14-19-12-4-5-13-19/h1-3,7-8,18H,4-6,9-15H2. The van der Waals surface area contributed by atoms with Gasteiger partial charge >= 0.3 is 0 Å². The fourth-order valence-corrected chi connectivity index (χ4v) is 3.27. The van der Waals surface area contributed by atoms with Gasteiger partial charge in [-0.2, -0.15) is 0 Å². The molecule has 2 heteroatoms. The summed E-state index contributed by atoms with van der Waals surface area (Å²) in [6.07, 6.45) is 6.83. The van der Waals surface area contributed by atoms with Crippen LogP contribution in [0.1, 0.15) is 37.7 Å². The fourth-order valence-electron chi connectivity index (χ4n) is 3.27. The molecule has 0 aromatic heterocycles. The Balaban J connectivity index is 1.36. The lowest BCUT2D eigenvalue weighted by Gasteiger charge is -2.18. The summed E-state index contributed by atoms with van der Waals surface area (Å²) in [6.45, 7) is 6.27. The normalized spacial score (nSPS) is 21.7. The van der Waals surface area contributed by atoms with Gasteiger partial charge in [-0.15, -0.1) is 0 Å². The molecular formula is C17H26N2. The molecule has 104 valence electrons. The van der Waals surface area contributed by atoms with E-state index in [0.717, 1.165) is 6.54 Å². The molecule has 1 heterocycles. The van der Waals surface area contributed by atoms with E-state index in [4.69, 9.17) is 0 Å². The van der Waals surface area contributed by atoms with Crippen LogP contribution in [0.15, 0.2) is 30.3 Å². The molecule has 19 heavy (non-hydrogen) atoms. The number of benzene rings is 1. The molecule has 0 radical (unpaired) electrons. The molecule has 2 fully saturated rings. The van der Waals surface area contributed by atoms with Crippen molar-refractivity contribution in [1.29, 1.82) is 0 Å². The minimum Gasteiger partial charge on any atom is -0.316 e. The molecule has 1 saturated carbocycles. The lowest BCUT2D eigenvalue weighted by atomic mass is 9.96. The topological polar surface area (TPSA) is 15.3 Å². The van der Waals surface area contributed by atoms with Gasteiger partial charge in [0.25, 0.3) is 0 Å². The average Bonchev–Trinajstić information content (AvgIpc) is 3.07. The summed E-state index contributed by atoms with van der Waals surface area (Å²) in [7, 11) is 0. The van der Waals surface area contributed by atoms with Gasteiger partial charge in [-0.05, 0) is 63.8 Å². The van der Waals surface area contributed by atoms with Crippen molar-refractivity contribution in [1.82, 2.24) is 10.2 Å². The summed E-state index contributed by atoms with van der Waals surface area (Å²) in [5.41, 5.74) is 2.00. The molecule has 2 nitrogen and oxygen atoms in total.